The van der Waals surface area contributed by atoms with Crippen LogP contribution in [0.1, 0.15) is 17.3 Å². The zero-order valence-electron chi connectivity index (χ0n) is 9.73. The van der Waals surface area contributed by atoms with Gasteiger partial charge in [0.2, 0.25) is 11.6 Å². The van der Waals surface area contributed by atoms with E-state index in [2.05, 4.69) is 32.6 Å². The van der Waals surface area contributed by atoms with Crippen molar-refractivity contribution >= 4 is 46.3 Å². The van der Waals surface area contributed by atoms with E-state index in [9.17, 15) is 14.4 Å². The van der Waals surface area contributed by atoms with E-state index < -0.39 is 0 Å². The minimum absolute atomic E-state index is 0.117. The Hall–Kier alpha value is -1.44. The number of fused-ring (bicyclic) bond motifs is 1. The van der Waals surface area contributed by atoms with Crippen molar-refractivity contribution in [2.24, 2.45) is 0 Å². The van der Waals surface area contributed by atoms with Crippen LogP contribution in [0.2, 0.25) is 0 Å². The monoisotopic (exact) mass is 361 g/mol. The van der Waals surface area contributed by atoms with Crippen molar-refractivity contribution in [3.63, 3.8) is 0 Å². The van der Waals surface area contributed by atoms with Gasteiger partial charge in [-0.15, -0.1) is 0 Å². The molecule has 2 rings (SSSR count). The van der Waals surface area contributed by atoms with Crippen molar-refractivity contribution in [3.05, 3.63) is 27.3 Å². The van der Waals surface area contributed by atoms with Crippen molar-refractivity contribution in [2.45, 2.75) is 6.92 Å². The molecule has 1 aromatic rings. The molecular weight excluding hydrogens is 349 g/mol. The molecule has 0 saturated heterocycles. The lowest BCUT2D eigenvalue weighted by Crippen LogP contribution is -2.29. The number of ketones is 2. The second kappa shape index (κ2) is 7.10. The summed E-state index contributed by atoms with van der Waals surface area (Å²) in [4.78, 5) is 31.6. The van der Waals surface area contributed by atoms with Crippen LogP contribution in [0, 0.1) is 3.57 Å². The Kier molecular flexibility index (Phi) is 5.76. The molecule has 0 atom stereocenters. The number of Topliss-reactive ketones (excluding diaryl/α,β-unsaturated/α-hetero) is 2. The molecule has 0 aromatic heterocycles. The van der Waals surface area contributed by atoms with Crippen LogP contribution in [-0.4, -0.2) is 31.2 Å². The number of halogens is 1. The first-order chi connectivity index (χ1) is 8.60. The SMILES string of the molecule is CCOC=O.O=C1CNc2ccc(I)cc2C1=O. The van der Waals surface area contributed by atoms with Crippen LogP contribution >= 0.6 is 22.6 Å². The lowest BCUT2D eigenvalue weighted by Gasteiger charge is -2.15. The summed E-state index contributed by atoms with van der Waals surface area (Å²) in [7, 11) is 0. The zero-order chi connectivity index (χ0) is 13.5. The van der Waals surface area contributed by atoms with Crippen LogP contribution in [0.25, 0.3) is 0 Å². The van der Waals surface area contributed by atoms with Gasteiger partial charge in [-0.2, -0.15) is 0 Å². The van der Waals surface area contributed by atoms with Gasteiger partial charge in [-0.1, -0.05) is 0 Å². The molecule has 1 aliphatic heterocycles. The van der Waals surface area contributed by atoms with Gasteiger partial charge in [0.1, 0.15) is 0 Å². The van der Waals surface area contributed by atoms with Crippen molar-refractivity contribution in [2.75, 3.05) is 18.5 Å². The molecule has 0 fully saturated rings. The van der Waals surface area contributed by atoms with E-state index in [0.717, 1.165) is 9.26 Å². The van der Waals surface area contributed by atoms with E-state index in [1.807, 2.05) is 12.1 Å². The molecule has 0 aliphatic carbocycles. The first-order valence-corrected chi connectivity index (χ1v) is 6.34. The normalized spacial score (nSPS) is 12.8. The smallest absolute Gasteiger partial charge is 0.293 e. The first-order valence-electron chi connectivity index (χ1n) is 5.26. The quantitative estimate of drug-likeness (QED) is 0.493. The number of rotatable bonds is 2. The topological polar surface area (TPSA) is 72.5 Å². The Morgan fingerprint density at radius 2 is 2.17 bits per heavy atom. The van der Waals surface area contributed by atoms with Gasteiger partial charge in [-0.05, 0) is 47.7 Å². The third-order valence-electron chi connectivity index (χ3n) is 2.15. The number of nitrogens with one attached hydrogen (secondary N) is 1. The Balaban J connectivity index is 0.000000280. The average molecular weight is 361 g/mol. The minimum atomic E-state index is -0.382. The molecule has 0 unspecified atom stereocenters. The Morgan fingerprint density at radius 3 is 2.72 bits per heavy atom. The zero-order valence-corrected chi connectivity index (χ0v) is 11.9. The van der Waals surface area contributed by atoms with Crippen LogP contribution in [0.5, 0.6) is 0 Å². The molecule has 18 heavy (non-hydrogen) atoms. The lowest BCUT2D eigenvalue weighted by molar-refractivity contribution is -0.128. The summed E-state index contributed by atoms with van der Waals surface area (Å²) in [6.07, 6.45) is 0. The maximum Gasteiger partial charge on any atom is 0.293 e. The van der Waals surface area contributed by atoms with Gasteiger partial charge in [0, 0.05) is 14.8 Å². The standard InChI is InChI=1S/C9H6INO2.C3H6O2/c10-5-1-2-7-6(3-5)9(13)8(12)4-11-7;1-2-5-3-4/h1-3,11H,4H2;3H,2H2,1H3. The summed E-state index contributed by atoms with van der Waals surface area (Å²) < 4.78 is 5.11. The Bertz CT molecular complexity index is 473. The molecule has 0 amide bonds. The van der Waals surface area contributed by atoms with Crippen LogP contribution < -0.4 is 5.32 Å². The molecule has 0 radical (unpaired) electrons. The number of carbonyl (C=O) groups excluding carboxylic acids is 3. The highest BCUT2D eigenvalue weighted by Crippen LogP contribution is 2.22. The summed E-state index contributed by atoms with van der Waals surface area (Å²) in [5.74, 6) is -0.748. The van der Waals surface area contributed by atoms with Crippen molar-refractivity contribution < 1.29 is 19.1 Å². The fourth-order valence-corrected chi connectivity index (χ4v) is 1.82. The number of hydrogen-bond acceptors (Lipinski definition) is 5. The van der Waals surface area contributed by atoms with Gasteiger partial charge >= 0.3 is 0 Å². The van der Waals surface area contributed by atoms with Crippen LogP contribution in [-0.2, 0) is 14.3 Å². The van der Waals surface area contributed by atoms with E-state index in [1.165, 1.54) is 0 Å². The number of anilines is 1. The van der Waals surface area contributed by atoms with E-state index in [0.29, 0.717) is 18.6 Å². The summed E-state index contributed by atoms with van der Waals surface area (Å²) in [5.41, 5.74) is 1.24. The number of hydrogen-bond donors (Lipinski definition) is 1. The van der Waals surface area contributed by atoms with Gasteiger partial charge in [-0.25, -0.2) is 0 Å². The summed E-state index contributed by atoms with van der Waals surface area (Å²) >= 11 is 2.11. The molecule has 0 bridgehead atoms. The summed E-state index contributed by atoms with van der Waals surface area (Å²) in [5, 5.41) is 2.90. The Morgan fingerprint density at radius 1 is 1.44 bits per heavy atom. The second-order valence-electron chi connectivity index (χ2n) is 3.35. The van der Waals surface area contributed by atoms with Crippen LogP contribution in [0.15, 0.2) is 18.2 Å². The van der Waals surface area contributed by atoms with Crippen molar-refractivity contribution in [1.29, 1.82) is 0 Å². The first kappa shape index (κ1) is 14.6. The number of carbonyl (C=O) groups is 3. The fraction of sp³-hybridized carbons (Fsp3) is 0.250. The van der Waals surface area contributed by atoms with Gasteiger partial charge in [0.25, 0.3) is 6.47 Å². The van der Waals surface area contributed by atoms with Crippen molar-refractivity contribution in [3.8, 4) is 0 Å². The van der Waals surface area contributed by atoms with Gasteiger partial charge < -0.3 is 10.1 Å². The highest BCUT2D eigenvalue weighted by atomic mass is 127. The molecule has 96 valence electrons. The van der Waals surface area contributed by atoms with Crippen LogP contribution in [0.3, 0.4) is 0 Å². The number of benzene rings is 1. The largest absolute Gasteiger partial charge is 0.468 e. The molecule has 1 N–H and O–H groups in total. The third-order valence-corrected chi connectivity index (χ3v) is 2.82. The Labute approximate surface area is 118 Å². The van der Waals surface area contributed by atoms with E-state index in [1.54, 1.807) is 13.0 Å². The highest BCUT2D eigenvalue weighted by molar-refractivity contribution is 14.1. The molecule has 1 aliphatic rings. The molecule has 6 heteroatoms. The molecule has 1 aromatic carbocycles. The third kappa shape index (κ3) is 3.80. The predicted octanol–water partition coefficient (Wildman–Crippen LogP) is 1.65. The summed E-state index contributed by atoms with van der Waals surface area (Å²) in [6.45, 7) is 2.78. The van der Waals surface area contributed by atoms with E-state index >= 15 is 0 Å². The molecular formula is C12H12INO4. The minimum Gasteiger partial charge on any atom is -0.468 e. The van der Waals surface area contributed by atoms with Crippen LogP contribution in [0.4, 0.5) is 5.69 Å². The van der Waals surface area contributed by atoms with E-state index in [-0.39, 0.29) is 18.1 Å². The average Bonchev–Trinajstić information content (AvgIpc) is 2.36. The lowest BCUT2D eigenvalue weighted by atomic mass is 10.0. The van der Waals surface area contributed by atoms with Gasteiger partial charge in [0.15, 0.2) is 0 Å². The molecule has 0 saturated carbocycles. The summed E-state index contributed by atoms with van der Waals surface area (Å²) in [6, 6.07) is 5.44. The highest BCUT2D eigenvalue weighted by Gasteiger charge is 2.24. The van der Waals surface area contributed by atoms with Gasteiger partial charge in [-0.3, -0.25) is 14.4 Å². The second-order valence-corrected chi connectivity index (χ2v) is 4.59. The van der Waals surface area contributed by atoms with E-state index in [4.69, 9.17) is 0 Å². The molecule has 1 heterocycles. The maximum absolute atomic E-state index is 11.4. The maximum atomic E-state index is 11.4. The van der Waals surface area contributed by atoms with Gasteiger partial charge in [0.05, 0.1) is 13.2 Å². The molecule has 0 spiro atoms. The van der Waals surface area contributed by atoms with Crippen molar-refractivity contribution in [1.82, 2.24) is 0 Å². The fourth-order valence-electron chi connectivity index (χ4n) is 1.33. The molecule has 5 nitrogen and oxygen atoms in total. The predicted molar refractivity (Wildman–Crippen MR) is 74.7 cm³/mol. The number of ether oxygens (including phenoxy) is 1.